The Balaban J connectivity index is 1.51. The molecule has 0 N–H and O–H groups in total. The zero-order chi connectivity index (χ0) is 20.0. The number of benzene rings is 2. The van der Waals surface area contributed by atoms with Gasteiger partial charge in [-0.1, -0.05) is 12.1 Å². The number of fused-ring (bicyclic) bond motifs is 2. The van der Waals surface area contributed by atoms with E-state index < -0.39 is 0 Å². The predicted octanol–water partition coefficient (Wildman–Crippen LogP) is 3.85. The van der Waals surface area contributed by atoms with Crippen LogP contribution in [0, 0.1) is 5.82 Å². The molecule has 2 heterocycles. The molecule has 0 amide bonds. The molecule has 7 heteroatoms. The summed E-state index contributed by atoms with van der Waals surface area (Å²) in [4.78, 5) is 21.9. The molecular weight excluding hydrogens is 371 g/mol. The summed E-state index contributed by atoms with van der Waals surface area (Å²) in [6.45, 7) is 0. The van der Waals surface area contributed by atoms with Crippen LogP contribution >= 0.6 is 0 Å². The summed E-state index contributed by atoms with van der Waals surface area (Å²) in [5.41, 5.74) is 3.05. The van der Waals surface area contributed by atoms with Gasteiger partial charge in [-0.05, 0) is 54.3 Å². The maximum Gasteiger partial charge on any atom is 0.252 e. The third kappa shape index (κ3) is 3.14. The number of rotatable bonds is 3. The molecule has 5 rings (SSSR count). The van der Waals surface area contributed by atoms with Crippen molar-refractivity contribution in [2.45, 2.75) is 18.8 Å². The first kappa shape index (κ1) is 17.5. The molecule has 6 nitrogen and oxygen atoms in total. The van der Waals surface area contributed by atoms with Crippen LogP contribution < -0.4 is 4.74 Å². The highest BCUT2D eigenvalue weighted by molar-refractivity contribution is 5.98. The van der Waals surface area contributed by atoms with Crippen LogP contribution in [-0.2, 0) is 6.42 Å². The standard InChI is InChI=1S/C22H17FN4O2/c1-29-17-8-4-14(5-9-17)21-25-22-24-19-10-15(13-2-6-16(23)7-3-13)11-20(28)18(19)12-27(22)26-21/h2-9,12,15H,10-11H2,1H3/t15-/m0/s1. The molecule has 0 fully saturated rings. The van der Waals surface area contributed by atoms with Crippen LogP contribution in [0.5, 0.6) is 5.75 Å². The number of nitrogens with zero attached hydrogens (tertiary/aromatic N) is 4. The minimum absolute atomic E-state index is 0.0106. The minimum atomic E-state index is -0.286. The molecule has 144 valence electrons. The SMILES string of the molecule is COc1ccc(-c2nc3nc4c(cn3n2)C(=O)C[C@@H](c2ccc(F)cc2)C4)cc1. The molecule has 29 heavy (non-hydrogen) atoms. The molecule has 0 saturated carbocycles. The van der Waals surface area contributed by atoms with Crippen molar-refractivity contribution in [3.8, 4) is 17.1 Å². The van der Waals surface area contributed by atoms with Crippen LogP contribution in [0.15, 0.2) is 54.7 Å². The Kier molecular flexibility index (Phi) is 4.08. The summed E-state index contributed by atoms with van der Waals surface area (Å²) in [5.74, 6) is 1.44. The second-order valence-corrected chi connectivity index (χ2v) is 7.09. The average Bonchev–Trinajstić information content (AvgIpc) is 3.16. The molecule has 0 spiro atoms. The first-order valence-electron chi connectivity index (χ1n) is 9.30. The van der Waals surface area contributed by atoms with Gasteiger partial charge in [-0.25, -0.2) is 13.9 Å². The Labute approximate surface area is 166 Å². The summed E-state index contributed by atoms with van der Waals surface area (Å²) in [6.07, 6.45) is 2.68. The number of ether oxygens (including phenoxy) is 1. The quantitative estimate of drug-likeness (QED) is 0.533. The fourth-order valence-corrected chi connectivity index (χ4v) is 3.72. The average molecular weight is 388 g/mol. The number of methoxy groups -OCH3 is 1. The fourth-order valence-electron chi connectivity index (χ4n) is 3.72. The van der Waals surface area contributed by atoms with Crippen LogP contribution in [0.25, 0.3) is 17.2 Å². The number of aromatic nitrogens is 4. The molecular formula is C22H17FN4O2. The zero-order valence-corrected chi connectivity index (χ0v) is 15.7. The number of Topliss-reactive ketones (excluding diaryl/α,β-unsaturated/α-hetero) is 1. The van der Waals surface area contributed by atoms with E-state index in [2.05, 4.69) is 15.1 Å². The van der Waals surface area contributed by atoms with E-state index in [-0.39, 0.29) is 17.5 Å². The van der Waals surface area contributed by atoms with Gasteiger partial charge in [0.15, 0.2) is 11.6 Å². The number of hydrogen-bond acceptors (Lipinski definition) is 5. The molecule has 1 atom stereocenters. The van der Waals surface area contributed by atoms with Gasteiger partial charge in [-0.2, -0.15) is 4.98 Å². The minimum Gasteiger partial charge on any atom is -0.497 e. The fraction of sp³-hybridized carbons (Fsp3) is 0.182. The van der Waals surface area contributed by atoms with Gasteiger partial charge in [0, 0.05) is 18.2 Å². The topological polar surface area (TPSA) is 69.4 Å². The second-order valence-electron chi connectivity index (χ2n) is 7.09. The first-order chi connectivity index (χ1) is 14.1. The highest BCUT2D eigenvalue weighted by Crippen LogP contribution is 2.32. The van der Waals surface area contributed by atoms with E-state index in [0.29, 0.717) is 35.7 Å². The van der Waals surface area contributed by atoms with E-state index in [1.165, 1.54) is 12.1 Å². The highest BCUT2D eigenvalue weighted by Gasteiger charge is 2.28. The number of hydrogen-bond donors (Lipinski definition) is 0. The van der Waals surface area contributed by atoms with Crippen LogP contribution in [0.2, 0.25) is 0 Å². The predicted molar refractivity (Wildman–Crippen MR) is 105 cm³/mol. The molecule has 1 aliphatic rings. The number of carbonyl (C=O) groups excluding carboxylic acids is 1. The Morgan fingerprint density at radius 1 is 1.03 bits per heavy atom. The third-order valence-electron chi connectivity index (χ3n) is 5.27. The molecule has 4 aromatic rings. The van der Waals surface area contributed by atoms with E-state index in [0.717, 1.165) is 16.9 Å². The van der Waals surface area contributed by atoms with E-state index in [1.54, 1.807) is 30.0 Å². The first-order valence-corrected chi connectivity index (χ1v) is 9.30. The monoisotopic (exact) mass is 388 g/mol. The normalized spacial score (nSPS) is 16.1. The van der Waals surface area contributed by atoms with Crippen molar-refractivity contribution >= 4 is 11.6 Å². The molecule has 0 radical (unpaired) electrons. The number of halogens is 1. The molecule has 1 aliphatic carbocycles. The largest absolute Gasteiger partial charge is 0.497 e. The van der Waals surface area contributed by atoms with Crippen molar-refractivity contribution < 1.29 is 13.9 Å². The second kappa shape index (κ2) is 6.77. The molecule has 0 aliphatic heterocycles. The van der Waals surface area contributed by atoms with Crippen molar-refractivity contribution in [3.05, 3.63) is 77.4 Å². The molecule has 0 saturated heterocycles. The van der Waals surface area contributed by atoms with Crippen LogP contribution in [0.4, 0.5) is 4.39 Å². The van der Waals surface area contributed by atoms with Crippen molar-refractivity contribution in [1.29, 1.82) is 0 Å². The number of carbonyl (C=O) groups is 1. The zero-order valence-electron chi connectivity index (χ0n) is 15.7. The van der Waals surface area contributed by atoms with Crippen molar-refractivity contribution in [2.75, 3.05) is 7.11 Å². The summed E-state index contributed by atoms with van der Waals surface area (Å²) < 4.78 is 20.0. The van der Waals surface area contributed by atoms with E-state index in [1.807, 2.05) is 24.3 Å². The highest BCUT2D eigenvalue weighted by atomic mass is 19.1. The maximum atomic E-state index is 13.2. The Hall–Kier alpha value is -3.61. The van der Waals surface area contributed by atoms with Gasteiger partial charge in [-0.3, -0.25) is 4.79 Å². The van der Waals surface area contributed by atoms with Crippen molar-refractivity contribution in [2.24, 2.45) is 0 Å². The van der Waals surface area contributed by atoms with Gasteiger partial charge in [0.2, 0.25) is 0 Å². The van der Waals surface area contributed by atoms with Gasteiger partial charge in [0.1, 0.15) is 11.6 Å². The smallest absolute Gasteiger partial charge is 0.252 e. The maximum absolute atomic E-state index is 13.2. The lowest BCUT2D eigenvalue weighted by atomic mass is 9.82. The summed E-state index contributed by atoms with van der Waals surface area (Å²) in [6, 6.07) is 13.8. The Morgan fingerprint density at radius 3 is 2.52 bits per heavy atom. The van der Waals surface area contributed by atoms with Gasteiger partial charge >= 0.3 is 0 Å². The van der Waals surface area contributed by atoms with Gasteiger partial charge in [-0.15, -0.1) is 5.10 Å². The van der Waals surface area contributed by atoms with Gasteiger partial charge in [0.05, 0.1) is 18.4 Å². The van der Waals surface area contributed by atoms with Gasteiger partial charge < -0.3 is 4.74 Å². The van der Waals surface area contributed by atoms with E-state index >= 15 is 0 Å². The van der Waals surface area contributed by atoms with Crippen molar-refractivity contribution in [3.63, 3.8) is 0 Å². The summed E-state index contributed by atoms with van der Waals surface area (Å²) >= 11 is 0. The van der Waals surface area contributed by atoms with Crippen LogP contribution in [0.1, 0.15) is 34.0 Å². The van der Waals surface area contributed by atoms with Crippen molar-refractivity contribution in [1.82, 2.24) is 19.6 Å². The lowest BCUT2D eigenvalue weighted by molar-refractivity contribution is 0.0962. The number of ketones is 1. The van der Waals surface area contributed by atoms with E-state index in [4.69, 9.17) is 4.74 Å². The molecule has 2 aromatic heterocycles. The van der Waals surface area contributed by atoms with Crippen LogP contribution in [0.3, 0.4) is 0 Å². The third-order valence-corrected chi connectivity index (χ3v) is 5.27. The lowest BCUT2D eigenvalue weighted by Gasteiger charge is -2.23. The van der Waals surface area contributed by atoms with E-state index in [9.17, 15) is 9.18 Å². The van der Waals surface area contributed by atoms with Crippen LogP contribution in [-0.4, -0.2) is 32.5 Å². The molecule has 2 aromatic carbocycles. The molecule has 0 unspecified atom stereocenters. The molecule has 0 bridgehead atoms. The summed E-state index contributed by atoms with van der Waals surface area (Å²) in [7, 11) is 1.61. The lowest BCUT2D eigenvalue weighted by Crippen LogP contribution is -2.21. The Morgan fingerprint density at radius 2 is 1.79 bits per heavy atom. The van der Waals surface area contributed by atoms with Gasteiger partial charge in [0.25, 0.3) is 5.78 Å². The summed E-state index contributed by atoms with van der Waals surface area (Å²) in [5, 5.41) is 4.48. The Bertz CT molecular complexity index is 1220.